The summed E-state index contributed by atoms with van der Waals surface area (Å²) in [5.74, 6) is -0.365. The highest BCUT2D eigenvalue weighted by Gasteiger charge is 2.31. The first-order valence-corrected chi connectivity index (χ1v) is 11.3. The number of rotatable bonds is 5. The minimum Gasteiger partial charge on any atom is -0.592 e. The van der Waals surface area contributed by atoms with Crippen LogP contribution in [-0.4, -0.2) is 39.0 Å². The summed E-state index contributed by atoms with van der Waals surface area (Å²) in [6, 6.07) is 5.83. The molecule has 0 saturated heterocycles. The van der Waals surface area contributed by atoms with Gasteiger partial charge in [0.1, 0.15) is 28.5 Å². The lowest BCUT2D eigenvalue weighted by atomic mass is 10.0. The zero-order valence-electron chi connectivity index (χ0n) is 18.7. The number of nitrogens with zero attached hydrogens (tertiary/aromatic N) is 2. The van der Waals surface area contributed by atoms with E-state index >= 15 is 0 Å². The molecule has 2 aromatic rings. The molecule has 1 aromatic carbocycles. The summed E-state index contributed by atoms with van der Waals surface area (Å²) in [7, 11) is 3.09. The number of benzene rings is 1. The third-order valence-corrected chi connectivity index (χ3v) is 6.64. The van der Waals surface area contributed by atoms with Crippen molar-refractivity contribution in [1.82, 2.24) is 9.36 Å². The van der Waals surface area contributed by atoms with Crippen molar-refractivity contribution in [3.05, 3.63) is 91.2 Å². The van der Waals surface area contributed by atoms with Gasteiger partial charge in [0.25, 0.3) is 17.2 Å². The number of hydrogen-bond acceptors (Lipinski definition) is 5. The molecular weight excluding hydrogens is 459 g/mol. The van der Waals surface area contributed by atoms with E-state index in [4.69, 9.17) is 15.3 Å². The Bertz CT molecular complexity index is 1460. The second kappa shape index (κ2) is 9.11. The zero-order valence-corrected chi connectivity index (χ0v) is 19.5. The van der Waals surface area contributed by atoms with Crippen molar-refractivity contribution in [2.75, 3.05) is 18.2 Å². The molecule has 1 amide bonds. The van der Waals surface area contributed by atoms with Crippen LogP contribution in [-0.2, 0) is 16.6 Å². The maximum absolute atomic E-state index is 14.3. The number of para-hydroxylation sites is 1. The molecule has 1 aromatic heterocycles. The Morgan fingerprint density at radius 3 is 2.76 bits per heavy atom. The molecule has 4 rings (SSSR count). The lowest BCUT2D eigenvalue weighted by Gasteiger charge is -2.09. The number of hydrogen-bond donors (Lipinski definition) is 2. The van der Waals surface area contributed by atoms with Crippen LogP contribution in [0, 0.1) is 18.2 Å². The number of carbonyl (C=O) groups excluding carboxylic acids is 1. The summed E-state index contributed by atoms with van der Waals surface area (Å²) in [6.07, 6.45) is 2.06. The number of nitrogens with one attached hydrogen (secondary N) is 2. The van der Waals surface area contributed by atoms with Gasteiger partial charge in [0.15, 0.2) is 5.76 Å². The van der Waals surface area contributed by atoms with Crippen molar-refractivity contribution in [1.29, 1.82) is 5.41 Å². The average molecular weight is 482 g/mol. The van der Waals surface area contributed by atoms with Crippen molar-refractivity contribution in [3.63, 3.8) is 0 Å². The highest BCUT2D eigenvalue weighted by atomic mass is 32.2. The van der Waals surface area contributed by atoms with Gasteiger partial charge in [0.2, 0.25) is 0 Å². The molecule has 0 bridgehead atoms. The smallest absolute Gasteiger partial charge is 0.295 e. The fourth-order valence-corrected chi connectivity index (χ4v) is 4.69. The molecule has 174 valence electrons. The second-order valence-electron chi connectivity index (χ2n) is 7.54. The molecule has 0 radical (unpaired) electrons. The molecule has 10 heteroatoms. The second-order valence-corrected chi connectivity index (χ2v) is 8.67. The van der Waals surface area contributed by atoms with Gasteiger partial charge in [-0.3, -0.25) is 19.7 Å². The maximum atomic E-state index is 14.3. The molecule has 1 aliphatic carbocycles. The predicted octanol–water partition coefficient (Wildman–Crippen LogP) is 2.81. The largest absolute Gasteiger partial charge is 0.592 e. The number of aromatic nitrogens is 2. The topological polar surface area (TPSA) is 112 Å². The van der Waals surface area contributed by atoms with Crippen LogP contribution in [0.3, 0.4) is 0 Å². The van der Waals surface area contributed by atoms with E-state index in [0.29, 0.717) is 29.2 Å². The SMILES string of the molecule is COC1=C=C=C2C(=C1)SCCC(C(=N)C(=O)Nc1c(C)n(C)n(-c3ccccc3F)c1=O)=C2[OH2+]. The summed E-state index contributed by atoms with van der Waals surface area (Å²) in [6.45, 7) is 1.61. The van der Waals surface area contributed by atoms with Gasteiger partial charge < -0.3 is 15.2 Å². The molecule has 0 unspecified atom stereocenters. The molecule has 8 nitrogen and oxygen atoms in total. The van der Waals surface area contributed by atoms with Gasteiger partial charge in [-0.25, -0.2) is 9.07 Å². The lowest BCUT2D eigenvalue weighted by Crippen LogP contribution is -2.28. The molecule has 1 aliphatic heterocycles. The molecular formula is C24H22FN4O4S+. The summed E-state index contributed by atoms with van der Waals surface area (Å²) in [5, 5.41) is 19.6. The fraction of sp³-hybridized carbons (Fsp3) is 0.208. The van der Waals surface area contributed by atoms with E-state index in [1.54, 1.807) is 26.1 Å². The summed E-state index contributed by atoms with van der Waals surface area (Å²) >= 11 is 1.48. The normalized spacial score (nSPS) is 15.1. The minimum absolute atomic E-state index is 0.00704. The lowest BCUT2D eigenvalue weighted by molar-refractivity contribution is -0.110. The number of fused-ring (bicyclic) bond motifs is 1. The van der Waals surface area contributed by atoms with Gasteiger partial charge in [-0.1, -0.05) is 12.1 Å². The van der Waals surface area contributed by atoms with Crippen molar-refractivity contribution >= 4 is 29.1 Å². The third kappa shape index (κ3) is 3.95. The number of allylic oxidation sites excluding steroid dienone is 2. The molecule has 34 heavy (non-hydrogen) atoms. The van der Waals surface area contributed by atoms with E-state index in [2.05, 4.69) is 16.8 Å². The van der Waals surface area contributed by atoms with Crippen LogP contribution in [0.1, 0.15) is 12.1 Å². The number of amides is 1. The van der Waals surface area contributed by atoms with Crippen LogP contribution in [0.4, 0.5) is 10.1 Å². The Balaban J connectivity index is 1.69. The monoisotopic (exact) mass is 481 g/mol. The van der Waals surface area contributed by atoms with E-state index in [9.17, 15) is 14.0 Å². The number of methoxy groups -OCH3 is 1. The third-order valence-electron chi connectivity index (χ3n) is 5.60. The van der Waals surface area contributed by atoms with Crippen LogP contribution in [0.5, 0.6) is 0 Å². The number of halogens is 1. The fourth-order valence-electron chi connectivity index (χ4n) is 3.67. The van der Waals surface area contributed by atoms with Gasteiger partial charge in [0.05, 0.1) is 18.4 Å². The van der Waals surface area contributed by atoms with E-state index in [1.165, 1.54) is 41.8 Å². The highest BCUT2D eigenvalue weighted by Crippen LogP contribution is 2.37. The summed E-state index contributed by atoms with van der Waals surface area (Å²) in [5.41, 5.74) is 5.73. The Hall–Kier alpha value is -3.97. The van der Waals surface area contributed by atoms with Crippen LogP contribution < -0.4 is 10.9 Å². The summed E-state index contributed by atoms with van der Waals surface area (Å²) in [4.78, 5) is 26.8. The molecule has 4 N–H and O–H groups in total. The quantitative estimate of drug-likeness (QED) is 0.389. The first-order chi connectivity index (χ1) is 16.2. The molecule has 0 fully saturated rings. The Morgan fingerprint density at radius 2 is 2.06 bits per heavy atom. The van der Waals surface area contributed by atoms with Gasteiger partial charge >= 0.3 is 0 Å². The van der Waals surface area contributed by atoms with Gasteiger partial charge in [-0.2, -0.15) is 0 Å². The predicted molar refractivity (Wildman–Crippen MR) is 129 cm³/mol. The van der Waals surface area contributed by atoms with Gasteiger partial charge in [-0.15, -0.1) is 11.8 Å². The Morgan fingerprint density at radius 1 is 1.32 bits per heavy atom. The molecule has 0 saturated carbocycles. The Kier molecular flexibility index (Phi) is 6.22. The number of ether oxygens (including phenoxy) is 1. The van der Waals surface area contributed by atoms with E-state index in [1.807, 2.05) is 0 Å². The molecule has 0 spiro atoms. The average Bonchev–Trinajstić information content (AvgIpc) is 2.95. The first-order valence-electron chi connectivity index (χ1n) is 10.3. The van der Waals surface area contributed by atoms with Crippen molar-refractivity contribution in [3.8, 4) is 5.69 Å². The van der Waals surface area contributed by atoms with Gasteiger partial charge in [-0.05, 0) is 36.9 Å². The number of thioether (sulfide) groups is 1. The number of carbonyl (C=O) groups is 1. The van der Waals surface area contributed by atoms with Crippen molar-refractivity contribution < 1.29 is 19.0 Å². The van der Waals surface area contributed by atoms with Crippen LogP contribution in [0.25, 0.3) is 5.69 Å². The van der Waals surface area contributed by atoms with Crippen LogP contribution in [0.15, 0.2) is 74.2 Å². The minimum atomic E-state index is -0.822. The molecule has 0 atom stereocenters. The maximum Gasteiger partial charge on any atom is 0.295 e. The Labute approximate surface area is 198 Å². The molecule has 2 aliphatic rings. The standard InChI is InChI=1S/C24H21FN4O4S/c1-13-21(24(32)29(28(13)2)18-7-5-4-6-17(18)25)27-23(31)20(26)16-10-11-34-19-12-14(33-3)8-9-15(19)22(16)30/h4-7,12,26,30H,10-11H2,1-3H3,(H,27,31)/p+1. The summed E-state index contributed by atoms with van der Waals surface area (Å²) < 4.78 is 22.0. The highest BCUT2D eigenvalue weighted by molar-refractivity contribution is 8.03. The van der Waals surface area contributed by atoms with E-state index < -0.39 is 23.0 Å². The first kappa shape index (κ1) is 23.2. The van der Waals surface area contributed by atoms with Gasteiger partial charge in [0, 0.05) is 23.8 Å². The van der Waals surface area contributed by atoms with Crippen molar-refractivity contribution in [2.24, 2.45) is 7.05 Å². The zero-order chi connectivity index (χ0) is 24.6. The number of anilines is 1. The van der Waals surface area contributed by atoms with Crippen LogP contribution in [0.2, 0.25) is 0 Å². The van der Waals surface area contributed by atoms with E-state index in [0.717, 1.165) is 9.59 Å². The van der Waals surface area contributed by atoms with Crippen molar-refractivity contribution in [2.45, 2.75) is 13.3 Å². The molecule has 2 heterocycles. The van der Waals surface area contributed by atoms with E-state index in [-0.39, 0.29) is 22.7 Å². The van der Waals surface area contributed by atoms with Crippen LogP contribution >= 0.6 is 11.8 Å².